The number of methoxy groups -OCH3 is 1. The van der Waals surface area contributed by atoms with Gasteiger partial charge in [0, 0.05) is 27.2 Å². The van der Waals surface area contributed by atoms with Gasteiger partial charge in [-0.3, -0.25) is 4.79 Å². The van der Waals surface area contributed by atoms with Gasteiger partial charge in [0.1, 0.15) is 11.5 Å². The molecular weight excluding hydrogens is 319 g/mol. The van der Waals surface area contributed by atoms with E-state index >= 15 is 0 Å². The molecule has 4 rings (SSSR count). The number of hydrogen-bond donors (Lipinski definition) is 0. The van der Waals surface area contributed by atoms with Crippen molar-refractivity contribution in [3.63, 3.8) is 0 Å². The number of ketones is 1. The maximum absolute atomic E-state index is 13.3. The predicted molar refractivity (Wildman–Crippen MR) is 97.2 cm³/mol. The lowest BCUT2D eigenvalue weighted by molar-refractivity contribution is -0.141. The van der Waals surface area contributed by atoms with Crippen LogP contribution >= 0.6 is 9.47 Å². The second kappa shape index (κ2) is 5.54. The molecule has 6 atom stereocenters. The molecule has 24 heavy (non-hydrogen) atoms. The Morgan fingerprint density at radius 3 is 2.71 bits per heavy atom. The van der Waals surface area contributed by atoms with E-state index in [0.29, 0.717) is 18.1 Å². The molecule has 1 unspecified atom stereocenters. The van der Waals surface area contributed by atoms with Crippen molar-refractivity contribution in [2.45, 2.75) is 58.0 Å². The highest BCUT2D eigenvalue weighted by atomic mass is 31.0. The van der Waals surface area contributed by atoms with E-state index < -0.39 is 0 Å². The van der Waals surface area contributed by atoms with Crippen LogP contribution in [-0.2, 0) is 15.7 Å². The first-order valence-electron chi connectivity index (χ1n) is 8.99. The van der Waals surface area contributed by atoms with Crippen LogP contribution in [0.2, 0.25) is 0 Å². The summed E-state index contributed by atoms with van der Waals surface area (Å²) in [6.07, 6.45) is 5.17. The summed E-state index contributed by atoms with van der Waals surface area (Å²) < 4.78 is 11.1. The largest absolute Gasteiger partial charge is 0.497 e. The van der Waals surface area contributed by atoms with Gasteiger partial charge in [0.25, 0.3) is 0 Å². The summed E-state index contributed by atoms with van der Waals surface area (Å²) in [4.78, 5) is 13.3. The summed E-state index contributed by atoms with van der Waals surface area (Å²) in [5.74, 6) is 1.88. The molecule has 0 aromatic heterocycles. The molecule has 130 valence electrons. The molecule has 2 fully saturated rings. The Morgan fingerprint density at radius 2 is 2.00 bits per heavy atom. The van der Waals surface area contributed by atoms with Gasteiger partial charge in [0.05, 0.1) is 13.2 Å². The lowest BCUT2D eigenvalue weighted by Gasteiger charge is -2.56. The van der Waals surface area contributed by atoms with Crippen molar-refractivity contribution in [1.29, 1.82) is 0 Å². The molecule has 3 aliphatic carbocycles. The topological polar surface area (TPSA) is 35.5 Å². The lowest BCUT2D eigenvalue weighted by atomic mass is 9.47. The van der Waals surface area contributed by atoms with Crippen LogP contribution in [0.1, 0.15) is 56.6 Å². The zero-order valence-electron chi connectivity index (χ0n) is 14.8. The Bertz CT molecular complexity index is 687. The van der Waals surface area contributed by atoms with Crippen LogP contribution in [0.5, 0.6) is 5.75 Å². The maximum Gasteiger partial charge on any atom is 0.141 e. The monoisotopic (exact) mass is 346 g/mol. The molecule has 1 aromatic carbocycles. The van der Waals surface area contributed by atoms with Gasteiger partial charge in [-0.25, -0.2) is 0 Å². The van der Waals surface area contributed by atoms with Crippen LogP contribution in [0, 0.1) is 16.7 Å². The van der Waals surface area contributed by atoms with E-state index in [1.165, 1.54) is 17.5 Å². The minimum absolute atomic E-state index is 0.0198. The van der Waals surface area contributed by atoms with Crippen LogP contribution in [-0.4, -0.2) is 19.0 Å². The molecule has 0 radical (unpaired) electrons. The Morgan fingerprint density at radius 1 is 1.21 bits per heavy atom. The average molecular weight is 346 g/mol. The van der Waals surface area contributed by atoms with Gasteiger partial charge in [-0.15, -0.1) is 0 Å². The Kier molecular flexibility index (Phi) is 3.82. The quantitative estimate of drug-likeness (QED) is 0.749. The van der Waals surface area contributed by atoms with Gasteiger partial charge in [-0.2, -0.15) is 0 Å². The summed E-state index contributed by atoms with van der Waals surface area (Å²) in [6.45, 7) is 4.64. The van der Waals surface area contributed by atoms with Crippen LogP contribution in [0.4, 0.5) is 0 Å². The zero-order valence-corrected chi connectivity index (χ0v) is 16.0. The lowest BCUT2D eigenvalue weighted by Crippen LogP contribution is -2.54. The minimum atomic E-state index is -0.0198. The van der Waals surface area contributed by atoms with Gasteiger partial charge in [0.15, 0.2) is 0 Å². The Labute approximate surface area is 146 Å². The van der Waals surface area contributed by atoms with Gasteiger partial charge in [-0.1, -0.05) is 19.9 Å². The summed E-state index contributed by atoms with van der Waals surface area (Å²) in [5, 5.41) is 0. The average Bonchev–Trinajstić information content (AvgIpc) is 2.90. The van der Waals surface area contributed by atoms with Crippen molar-refractivity contribution < 1.29 is 14.1 Å². The third-order valence-electron chi connectivity index (χ3n) is 7.34. The van der Waals surface area contributed by atoms with E-state index in [0.717, 1.165) is 25.0 Å². The summed E-state index contributed by atoms with van der Waals surface area (Å²) in [7, 11) is 4.13. The van der Waals surface area contributed by atoms with E-state index in [-0.39, 0.29) is 22.9 Å². The molecule has 2 saturated carbocycles. The fraction of sp³-hybridized carbons (Fsp3) is 0.650. The zero-order chi connectivity index (χ0) is 17.1. The highest BCUT2D eigenvalue weighted by Gasteiger charge is 2.63. The number of carbonyl (C=O) groups is 1. The molecule has 0 aliphatic heterocycles. The number of hydrogen-bond acceptors (Lipinski definition) is 3. The SMILES string of the molecule is COc1ccc2c(c1)CC[C@@]1(C)[C@@H]3CC[C@H](OP)[C@@]3(C)CC(=O)[C@@H]21. The molecule has 0 N–H and O–H groups in total. The molecular formula is C20H27O3P. The number of Topliss-reactive ketones (excluding diaryl/α,β-unsaturated/α-hetero) is 1. The first-order chi connectivity index (χ1) is 11.4. The van der Waals surface area contributed by atoms with E-state index in [1.54, 1.807) is 7.11 Å². The Hall–Kier alpha value is -0.920. The standard InChI is InChI=1S/C20H27O3P/c1-19-9-8-12-10-13(22-3)4-5-14(12)18(19)15(21)11-20(2)16(19)6-7-17(20)23-24/h4-5,10,16-18H,6-9,11,24H2,1-3H3/t16-,17-,18+,19-,20-/m0/s1. The van der Waals surface area contributed by atoms with E-state index in [2.05, 4.69) is 35.4 Å². The number of carbonyl (C=O) groups excluding carboxylic acids is 1. The van der Waals surface area contributed by atoms with Crippen molar-refractivity contribution in [2.75, 3.05) is 7.11 Å². The highest BCUT2D eigenvalue weighted by Crippen LogP contribution is 2.66. The minimum Gasteiger partial charge on any atom is -0.497 e. The molecule has 3 aliphatic rings. The number of fused-ring (bicyclic) bond motifs is 5. The number of aryl methyl sites for hydroxylation is 1. The van der Waals surface area contributed by atoms with Gasteiger partial charge in [0.2, 0.25) is 0 Å². The van der Waals surface area contributed by atoms with Crippen LogP contribution in [0.15, 0.2) is 18.2 Å². The third-order valence-corrected chi connectivity index (χ3v) is 7.67. The predicted octanol–water partition coefficient (Wildman–Crippen LogP) is 4.30. The molecule has 1 aromatic rings. The molecule has 0 amide bonds. The fourth-order valence-electron chi connectivity index (χ4n) is 6.25. The maximum atomic E-state index is 13.3. The van der Waals surface area contributed by atoms with E-state index in [9.17, 15) is 4.79 Å². The molecule has 3 nitrogen and oxygen atoms in total. The number of rotatable bonds is 2. The fourth-order valence-corrected chi connectivity index (χ4v) is 6.70. The number of ether oxygens (including phenoxy) is 1. The summed E-state index contributed by atoms with van der Waals surface area (Å²) >= 11 is 0. The molecule has 0 heterocycles. The second-order valence-electron chi connectivity index (χ2n) is 8.41. The molecule has 0 spiro atoms. The van der Waals surface area contributed by atoms with Crippen molar-refractivity contribution in [3.05, 3.63) is 29.3 Å². The summed E-state index contributed by atoms with van der Waals surface area (Å²) in [6, 6.07) is 6.27. The van der Waals surface area contributed by atoms with E-state index in [4.69, 9.17) is 9.26 Å². The van der Waals surface area contributed by atoms with Crippen LogP contribution in [0.3, 0.4) is 0 Å². The second-order valence-corrected chi connectivity index (χ2v) is 8.68. The van der Waals surface area contributed by atoms with Crippen LogP contribution in [0.25, 0.3) is 0 Å². The van der Waals surface area contributed by atoms with Crippen LogP contribution < -0.4 is 4.74 Å². The third kappa shape index (κ3) is 2.07. The van der Waals surface area contributed by atoms with Crippen molar-refractivity contribution >= 4 is 15.2 Å². The van der Waals surface area contributed by atoms with Crippen molar-refractivity contribution in [2.24, 2.45) is 16.7 Å². The molecule has 4 heteroatoms. The number of benzene rings is 1. The van der Waals surface area contributed by atoms with Crippen molar-refractivity contribution in [1.82, 2.24) is 0 Å². The smallest absolute Gasteiger partial charge is 0.141 e. The Balaban J connectivity index is 1.80. The van der Waals surface area contributed by atoms with Gasteiger partial charge in [-0.05, 0) is 60.3 Å². The molecule has 0 bridgehead atoms. The normalized spacial score (nSPS) is 40.7. The van der Waals surface area contributed by atoms with Gasteiger partial charge >= 0.3 is 0 Å². The highest BCUT2D eigenvalue weighted by molar-refractivity contribution is 7.09. The van der Waals surface area contributed by atoms with Gasteiger partial charge < -0.3 is 9.26 Å². The van der Waals surface area contributed by atoms with E-state index in [1.807, 2.05) is 6.07 Å². The first kappa shape index (κ1) is 16.5. The van der Waals surface area contributed by atoms with Crippen molar-refractivity contribution in [3.8, 4) is 5.75 Å². The first-order valence-corrected chi connectivity index (χ1v) is 9.46. The summed E-state index contributed by atoms with van der Waals surface area (Å²) in [5.41, 5.74) is 2.56. The molecule has 0 saturated heterocycles.